The molecule has 0 bridgehead atoms. The van der Waals surface area contributed by atoms with Gasteiger partial charge >= 0.3 is 5.97 Å². The molecule has 1 unspecified atom stereocenters. The van der Waals surface area contributed by atoms with E-state index in [9.17, 15) is 14.7 Å². The number of hydrogen-bond acceptors (Lipinski definition) is 6. The first-order valence-electron chi connectivity index (χ1n) is 9.67. The number of ether oxygens (including phenoxy) is 1. The van der Waals surface area contributed by atoms with E-state index in [0.29, 0.717) is 21.8 Å². The van der Waals surface area contributed by atoms with E-state index >= 15 is 0 Å². The van der Waals surface area contributed by atoms with Crippen LogP contribution in [0.1, 0.15) is 19.4 Å². The first-order valence-corrected chi connectivity index (χ1v) is 10.5. The average Bonchev–Trinajstić information content (AvgIpc) is 2.77. The third kappa shape index (κ3) is 4.03. The number of carbonyl (C=O) groups excluding carboxylic acids is 1. The number of carboxylic acids is 1. The smallest absolute Gasteiger partial charge is 0.326 e. The number of carbonyl (C=O) groups is 2. The number of Topliss-reactive ketones (excluding diaryl/α,β-unsaturated/α-hetero) is 1. The van der Waals surface area contributed by atoms with Crippen LogP contribution in [-0.2, 0) is 16.0 Å². The van der Waals surface area contributed by atoms with Crippen molar-refractivity contribution in [1.29, 1.82) is 0 Å². The number of aromatic nitrogens is 2. The molecule has 1 atom stereocenters. The molecule has 2 heterocycles. The Bertz CT molecular complexity index is 1200. The van der Waals surface area contributed by atoms with Gasteiger partial charge in [-0.25, -0.2) is 9.78 Å². The summed E-state index contributed by atoms with van der Waals surface area (Å²) < 4.78 is 6.32. The number of ketones is 1. The SMILES string of the molecule is CC1(C)C(=O)C(Br)=C1NC(Cc1ccc(Oc2nccc3ccncc23)cc1)C(=O)O. The summed E-state index contributed by atoms with van der Waals surface area (Å²) in [5.74, 6) is 0.00864. The summed E-state index contributed by atoms with van der Waals surface area (Å²) in [6.07, 6.45) is 5.34. The van der Waals surface area contributed by atoms with Crippen LogP contribution >= 0.6 is 15.9 Å². The first-order chi connectivity index (χ1) is 14.8. The molecule has 0 aliphatic heterocycles. The second-order valence-electron chi connectivity index (χ2n) is 7.84. The second kappa shape index (κ2) is 8.11. The van der Waals surface area contributed by atoms with E-state index < -0.39 is 17.4 Å². The minimum absolute atomic E-state index is 0.0436. The third-order valence-electron chi connectivity index (χ3n) is 5.34. The topological polar surface area (TPSA) is 101 Å². The van der Waals surface area contributed by atoms with Crippen LogP contribution in [0.25, 0.3) is 10.8 Å². The zero-order chi connectivity index (χ0) is 22.2. The summed E-state index contributed by atoms with van der Waals surface area (Å²) in [5.41, 5.74) is 0.713. The van der Waals surface area contributed by atoms with Crippen LogP contribution in [0.3, 0.4) is 0 Å². The van der Waals surface area contributed by atoms with Crippen LogP contribution in [0.2, 0.25) is 0 Å². The van der Waals surface area contributed by atoms with Gasteiger partial charge < -0.3 is 15.2 Å². The van der Waals surface area contributed by atoms with E-state index in [1.54, 1.807) is 44.6 Å². The lowest BCUT2D eigenvalue weighted by atomic mass is 9.74. The van der Waals surface area contributed by atoms with Crippen LogP contribution in [-0.4, -0.2) is 32.9 Å². The molecular formula is C23H20BrN3O4. The van der Waals surface area contributed by atoms with Crippen molar-refractivity contribution in [2.45, 2.75) is 26.3 Å². The molecular weight excluding hydrogens is 462 g/mol. The number of hydrogen-bond donors (Lipinski definition) is 2. The quantitative estimate of drug-likeness (QED) is 0.520. The van der Waals surface area contributed by atoms with E-state index in [4.69, 9.17) is 4.74 Å². The lowest BCUT2D eigenvalue weighted by molar-refractivity contribution is -0.139. The highest BCUT2D eigenvalue weighted by molar-refractivity contribution is 9.12. The van der Waals surface area contributed by atoms with Gasteiger partial charge in [0.2, 0.25) is 5.88 Å². The van der Waals surface area contributed by atoms with Crippen LogP contribution in [0.5, 0.6) is 11.6 Å². The maximum absolute atomic E-state index is 12.0. The number of aliphatic carboxylic acids is 1. The second-order valence-corrected chi connectivity index (χ2v) is 8.63. The van der Waals surface area contributed by atoms with Gasteiger partial charge in [-0.2, -0.15) is 0 Å². The van der Waals surface area contributed by atoms with Gasteiger partial charge in [0.1, 0.15) is 11.8 Å². The first kappa shape index (κ1) is 21.0. The molecule has 8 heteroatoms. The van der Waals surface area contributed by atoms with Crippen molar-refractivity contribution in [1.82, 2.24) is 15.3 Å². The van der Waals surface area contributed by atoms with Gasteiger partial charge in [-0.3, -0.25) is 9.78 Å². The Morgan fingerprint density at radius 3 is 2.58 bits per heavy atom. The molecule has 1 aliphatic carbocycles. The summed E-state index contributed by atoms with van der Waals surface area (Å²) in [6, 6.07) is 10.1. The fourth-order valence-corrected chi connectivity index (χ4v) is 4.54. The van der Waals surface area contributed by atoms with Crippen LogP contribution in [0, 0.1) is 5.41 Å². The number of fused-ring (bicyclic) bond motifs is 1. The lowest BCUT2D eigenvalue weighted by Crippen LogP contribution is -2.50. The molecule has 0 radical (unpaired) electrons. The fraction of sp³-hybridized carbons (Fsp3) is 0.217. The lowest BCUT2D eigenvalue weighted by Gasteiger charge is -2.38. The normalized spacial score (nSPS) is 16.0. The molecule has 31 heavy (non-hydrogen) atoms. The fourth-order valence-electron chi connectivity index (χ4n) is 3.44. The molecule has 1 aliphatic rings. The zero-order valence-electron chi connectivity index (χ0n) is 16.9. The Kier molecular flexibility index (Phi) is 5.49. The summed E-state index contributed by atoms with van der Waals surface area (Å²) >= 11 is 3.24. The molecule has 0 saturated carbocycles. The summed E-state index contributed by atoms with van der Waals surface area (Å²) in [4.78, 5) is 32.2. The van der Waals surface area contributed by atoms with Crippen molar-refractivity contribution in [3.63, 3.8) is 0 Å². The van der Waals surface area contributed by atoms with Crippen molar-refractivity contribution in [3.05, 3.63) is 70.7 Å². The highest BCUT2D eigenvalue weighted by atomic mass is 79.9. The molecule has 0 fully saturated rings. The highest BCUT2D eigenvalue weighted by Gasteiger charge is 2.46. The molecule has 0 spiro atoms. The monoisotopic (exact) mass is 481 g/mol. The van der Waals surface area contributed by atoms with Crippen LogP contribution in [0.4, 0.5) is 0 Å². The summed E-state index contributed by atoms with van der Waals surface area (Å²) in [5, 5.41) is 14.4. The zero-order valence-corrected chi connectivity index (χ0v) is 18.5. The Morgan fingerprint density at radius 1 is 1.19 bits per heavy atom. The molecule has 7 nitrogen and oxygen atoms in total. The Balaban J connectivity index is 1.48. The largest absolute Gasteiger partial charge is 0.480 e. The maximum atomic E-state index is 12.0. The number of benzene rings is 1. The predicted octanol–water partition coefficient (Wildman–Crippen LogP) is 4.22. The maximum Gasteiger partial charge on any atom is 0.326 e. The molecule has 0 amide bonds. The van der Waals surface area contributed by atoms with Gasteiger partial charge in [0, 0.05) is 30.7 Å². The molecule has 1 aromatic carbocycles. The minimum Gasteiger partial charge on any atom is -0.480 e. The van der Waals surface area contributed by atoms with E-state index in [2.05, 4.69) is 31.2 Å². The highest BCUT2D eigenvalue weighted by Crippen LogP contribution is 2.43. The van der Waals surface area contributed by atoms with Gasteiger partial charge in [0.25, 0.3) is 0 Å². The average molecular weight is 482 g/mol. The third-order valence-corrected chi connectivity index (χ3v) is 6.09. The molecule has 158 valence electrons. The van der Waals surface area contributed by atoms with Crippen molar-refractivity contribution in [2.24, 2.45) is 5.41 Å². The van der Waals surface area contributed by atoms with Crippen LogP contribution in [0.15, 0.2) is 65.2 Å². The van der Waals surface area contributed by atoms with E-state index in [-0.39, 0.29) is 12.2 Å². The van der Waals surface area contributed by atoms with Crippen molar-refractivity contribution < 1.29 is 19.4 Å². The summed E-state index contributed by atoms with van der Waals surface area (Å²) in [7, 11) is 0. The Hall–Kier alpha value is -3.26. The van der Waals surface area contributed by atoms with Crippen LogP contribution < -0.4 is 10.1 Å². The van der Waals surface area contributed by atoms with Crippen molar-refractivity contribution in [3.8, 4) is 11.6 Å². The van der Waals surface area contributed by atoms with E-state index in [1.165, 1.54) is 0 Å². The number of pyridine rings is 2. The Labute approximate surface area is 187 Å². The number of halogens is 1. The van der Waals surface area contributed by atoms with Crippen molar-refractivity contribution in [2.75, 3.05) is 0 Å². The molecule has 0 saturated heterocycles. The van der Waals surface area contributed by atoms with E-state index in [0.717, 1.165) is 16.3 Å². The minimum atomic E-state index is -0.990. The van der Waals surface area contributed by atoms with Gasteiger partial charge in [-0.15, -0.1) is 0 Å². The Morgan fingerprint density at radius 2 is 1.90 bits per heavy atom. The number of nitrogens with zero attached hydrogens (tertiary/aromatic N) is 2. The molecule has 4 rings (SSSR count). The summed E-state index contributed by atoms with van der Waals surface area (Å²) in [6.45, 7) is 3.54. The van der Waals surface area contributed by atoms with E-state index in [1.807, 2.05) is 24.3 Å². The number of nitrogens with one attached hydrogen (secondary N) is 1. The number of allylic oxidation sites excluding steroid dienone is 2. The number of carboxylic acid groups (broad SMARTS) is 1. The van der Waals surface area contributed by atoms with Gasteiger partial charge in [-0.1, -0.05) is 12.1 Å². The van der Waals surface area contributed by atoms with Gasteiger partial charge in [-0.05, 0) is 65.0 Å². The molecule has 2 aromatic heterocycles. The standard InChI is InChI=1S/C23H20BrN3O4/c1-23(2)19(18(24)20(23)28)27-17(22(29)30)11-13-3-5-15(6-4-13)31-21-16-12-25-9-7-14(16)8-10-26-21/h3-10,12,17,27H,11H2,1-2H3,(H,29,30). The number of rotatable bonds is 7. The van der Waals surface area contributed by atoms with Gasteiger partial charge in [0.05, 0.1) is 15.3 Å². The molecule has 3 aromatic rings. The van der Waals surface area contributed by atoms with Gasteiger partial charge in [0.15, 0.2) is 5.78 Å². The van der Waals surface area contributed by atoms with Crippen molar-refractivity contribution >= 4 is 38.5 Å². The molecule has 2 N–H and O–H groups in total. The predicted molar refractivity (Wildman–Crippen MR) is 119 cm³/mol.